The molecule has 4 rings (SSSR count). The lowest BCUT2D eigenvalue weighted by molar-refractivity contribution is -0.133. The number of hydrogen-bond donors (Lipinski definition) is 1. The van der Waals surface area contributed by atoms with Crippen molar-refractivity contribution in [1.29, 1.82) is 0 Å². The first kappa shape index (κ1) is 37.4. The van der Waals surface area contributed by atoms with Crippen molar-refractivity contribution in [2.24, 2.45) is 11.8 Å². The molecule has 1 N–H and O–H groups in total. The molecule has 13 nitrogen and oxygen atoms in total. The Morgan fingerprint density at radius 2 is 1.65 bits per heavy atom. The number of carbonyl (C=O) groups is 4. The highest BCUT2D eigenvalue weighted by Gasteiger charge is 2.45. The molecule has 0 spiro atoms. The van der Waals surface area contributed by atoms with E-state index in [9.17, 15) is 19.2 Å². The average molecular weight is 675 g/mol. The molecule has 0 bridgehead atoms. The number of nitrogens with zero attached hydrogens (tertiary/aromatic N) is 3. The topological polar surface area (TPSA) is 136 Å². The Morgan fingerprint density at radius 3 is 2.23 bits per heavy atom. The Balaban J connectivity index is 1.65. The van der Waals surface area contributed by atoms with Crippen molar-refractivity contribution in [2.75, 3.05) is 70.6 Å². The number of piperidine rings is 1. The van der Waals surface area contributed by atoms with E-state index in [2.05, 4.69) is 5.32 Å². The van der Waals surface area contributed by atoms with Crippen LogP contribution in [-0.4, -0.2) is 112 Å². The molecule has 1 aromatic rings. The van der Waals surface area contributed by atoms with Gasteiger partial charge in [-0.3, -0.25) is 14.4 Å². The number of fused-ring (bicyclic) bond motifs is 1. The number of methoxy groups -OCH3 is 3. The second kappa shape index (κ2) is 15.0. The predicted octanol–water partition coefficient (Wildman–Crippen LogP) is 3.76. The first-order valence-corrected chi connectivity index (χ1v) is 16.8. The number of nitrogens with one attached hydrogen (secondary N) is 1. The molecule has 48 heavy (non-hydrogen) atoms. The summed E-state index contributed by atoms with van der Waals surface area (Å²) in [5, 5.41) is 3.05. The van der Waals surface area contributed by atoms with Crippen LogP contribution in [0.2, 0.25) is 0 Å². The Bertz CT molecular complexity index is 1330. The zero-order valence-electron chi connectivity index (χ0n) is 30.1. The number of anilines is 2. The van der Waals surface area contributed by atoms with Crippen LogP contribution in [0.4, 0.5) is 16.2 Å². The lowest BCUT2D eigenvalue weighted by atomic mass is 9.86. The van der Waals surface area contributed by atoms with Gasteiger partial charge in [-0.15, -0.1) is 0 Å². The second-order valence-electron chi connectivity index (χ2n) is 14.9. The molecule has 268 valence electrons. The smallest absolute Gasteiger partial charge is 0.410 e. The maximum Gasteiger partial charge on any atom is 0.410 e. The predicted molar refractivity (Wildman–Crippen MR) is 180 cm³/mol. The van der Waals surface area contributed by atoms with Crippen molar-refractivity contribution in [3.05, 3.63) is 18.2 Å². The average Bonchev–Trinajstić information content (AvgIpc) is 3.83. The van der Waals surface area contributed by atoms with Gasteiger partial charge in [0.05, 0.1) is 36.3 Å². The number of amides is 4. The monoisotopic (exact) mass is 674 g/mol. The SMILES string of the molecule is COCCCN1C(=O)C(C)(C)Oc2ccc(N(C(=O)[C@@H]3C[C@H](C(=O)NC(C)(COC)COC)CN(C(=O)OC(C)(C)C)C3)C3CC3)cc21. The van der Waals surface area contributed by atoms with Crippen LogP contribution in [0.3, 0.4) is 0 Å². The van der Waals surface area contributed by atoms with Gasteiger partial charge >= 0.3 is 6.09 Å². The third-order valence-electron chi connectivity index (χ3n) is 8.69. The number of hydrogen-bond acceptors (Lipinski definition) is 9. The fourth-order valence-electron chi connectivity index (χ4n) is 6.44. The van der Waals surface area contributed by atoms with Crippen molar-refractivity contribution in [3.8, 4) is 5.75 Å². The minimum atomic E-state index is -1.04. The Kier molecular flexibility index (Phi) is 11.7. The van der Waals surface area contributed by atoms with E-state index >= 15 is 0 Å². The summed E-state index contributed by atoms with van der Waals surface area (Å²) in [6, 6.07) is 5.45. The minimum absolute atomic E-state index is 0.0370. The zero-order valence-corrected chi connectivity index (χ0v) is 30.1. The van der Waals surface area contributed by atoms with Gasteiger partial charge in [0, 0.05) is 59.3 Å². The summed E-state index contributed by atoms with van der Waals surface area (Å²) in [7, 11) is 4.72. The highest BCUT2D eigenvalue weighted by molar-refractivity contribution is 6.04. The fraction of sp³-hybridized carbons (Fsp3) is 0.714. The van der Waals surface area contributed by atoms with Gasteiger partial charge < -0.3 is 43.7 Å². The summed E-state index contributed by atoms with van der Waals surface area (Å²) in [6.07, 6.45) is 1.94. The quantitative estimate of drug-likeness (QED) is 0.310. The van der Waals surface area contributed by atoms with E-state index < -0.39 is 34.7 Å². The summed E-state index contributed by atoms with van der Waals surface area (Å²) >= 11 is 0. The summed E-state index contributed by atoms with van der Waals surface area (Å²) in [5.41, 5.74) is -1.37. The molecule has 2 fully saturated rings. The zero-order chi connectivity index (χ0) is 35.4. The van der Waals surface area contributed by atoms with Gasteiger partial charge in [-0.05, 0) is 85.4 Å². The summed E-state index contributed by atoms with van der Waals surface area (Å²) in [5.74, 6) is -1.45. The molecule has 2 aliphatic heterocycles. The van der Waals surface area contributed by atoms with Crippen LogP contribution >= 0.6 is 0 Å². The number of ether oxygens (including phenoxy) is 5. The number of carbonyl (C=O) groups excluding carboxylic acids is 4. The van der Waals surface area contributed by atoms with E-state index in [0.29, 0.717) is 36.7 Å². The third-order valence-corrected chi connectivity index (χ3v) is 8.69. The molecule has 2 heterocycles. The van der Waals surface area contributed by atoms with Crippen LogP contribution in [0.1, 0.15) is 67.2 Å². The van der Waals surface area contributed by atoms with E-state index in [1.54, 1.807) is 71.8 Å². The van der Waals surface area contributed by atoms with Gasteiger partial charge in [-0.25, -0.2) is 4.79 Å². The Morgan fingerprint density at radius 1 is 1.00 bits per heavy atom. The van der Waals surface area contributed by atoms with E-state index in [0.717, 1.165) is 12.8 Å². The second-order valence-corrected chi connectivity index (χ2v) is 14.9. The summed E-state index contributed by atoms with van der Waals surface area (Å²) < 4.78 is 27.7. The van der Waals surface area contributed by atoms with Crippen molar-refractivity contribution in [1.82, 2.24) is 10.2 Å². The van der Waals surface area contributed by atoms with Gasteiger partial charge in [0.1, 0.15) is 11.4 Å². The van der Waals surface area contributed by atoms with Crippen molar-refractivity contribution in [2.45, 2.75) is 90.0 Å². The molecule has 0 unspecified atom stereocenters. The molecular formula is C35H54N4O9. The molecule has 4 amide bonds. The third kappa shape index (κ3) is 8.97. The van der Waals surface area contributed by atoms with E-state index in [1.807, 2.05) is 19.1 Å². The first-order chi connectivity index (χ1) is 22.5. The van der Waals surface area contributed by atoms with Crippen LogP contribution in [-0.2, 0) is 33.3 Å². The number of benzene rings is 1. The normalized spacial score (nSPS) is 20.9. The van der Waals surface area contributed by atoms with Gasteiger partial charge in [0.2, 0.25) is 11.8 Å². The van der Waals surface area contributed by atoms with Crippen LogP contribution in [0.5, 0.6) is 5.75 Å². The van der Waals surface area contributed by atoms with Gasteiger partial charge in [0.25, 0.3) is 5.91 Å². The number of rotatable bonds is 13. The van der Waals surface area contributed by atoms with Crippen molar-refractivity contribution in [3.63, 3.8) is 0 Å². The standard InChI is InChI=1S/C35H54N4O9/c1-33(2,3)48-32(43)37-19-23(29(40)36-35(6,21-45-8)22-46-9)17-24(20-37)30(41)39(25-11-12-25)26-13-14-28-27(18-26)38(15-10-16-44-7)31(42)34(4,5)47-28/h13-14,18,23-25H,10-12,15-17,19-22H2,1-9H3,(H,36,40)/t23-,24+/m0/s1. The van der Waals surface area contributed by atoms with Crippen LogP contribution < -0.4 is 19.9 Å². The van der Waals surface area contributed by atoms with Crippen LogP contribution in [0, 0.1) is 11.8 Å². The van der Waals surface area contributed by atoms with Gasteiger partial charge in [0.15, 0.2) is 5.60 Å². The molecule has 1 aliphatic carbocycles. The Hall–Kier alpha value is -3.42. The highest BCUT2D eigenvalue weighted by atomic mass is 16.6. The van der Waals surface area contributed by atoms with E-state index in [-0.39, 0.29) is 56.5 Å². The molecule has 0 radical (unpaired) electrons. The van der Waals surface area contributed by atoms with E-state index in [1.165, 1.54) is 4.90 Å². The van der Waals surface area contributed by atoms with Gasteiger partial charge in [-0.1, -0.05) is 0 Å². The van der Waals surface area contributed by atoms with Crippen molar-refractivity contribution >= 4 is 35.2 Å². The summed E-state index contributed by atoms with van der Waals surface area (Å²) in [6.45, 7) is 12.2. The first-order valence-electron chi connectivity index (χ1n) is 16.8. The maximum atomic E-state index is 14.6. The maximum absolute atomic E-state index is 14.6. The molecule has 1 aromatic carbocycles. The fourth-order valence-corrected chi connectivity index (χ4v) is 6.44. The number of likely N-dealkylation sites (tertiary alicyclic amines) is 1. The molecular weight excluding hydrogens is 620 g/mol. The lowest BCUT2D eigenvalue weighted by Gasteiger charge is -2.41. The summed E-state index contributed by atoms with van der Waals surface area (Å²) in [4.78, 5) is 60.1. The van der Waals surface area contributed by atoms with Crippen LogP contribution in [0.15, 0.2) is 18.2 Å². The highest BCUT2D eigenvalue weighted by Crippen LogP contribution is 2.43. The van der Waals surface area contributed by atoms with Gasteiger partial charge in [-0.2, -0.15) is 0 Å². The largest absolute Gasteiger partial charge is 0.476 e. The molecule has 3 aliphatic rings. The molecule has 13 heteroatoms. The van der Waals surface area contributed by atoms with Crippen molar-refractivity contribution < 1.29 is 42.9 Å². The molecule has 1 saturated heterocycles. The molecule has 1 saturated carbocycles. The molecule has 2 atom stereocenters. The lowest BCUT2D eigenvalue weighted by Crippen LogP contribution is -2.58. The Labute approximate surface area is 284 Å². The molecule has 0 aromatic heterocycles. The van der Waals surface area contributed by atoms with Crippen LogP contribution in [0.25, 0.3) is 0 Å². The minimum Gasteiger partial charge on any atom is -0.476 e. The van der Waals surface area contributed by atoms with E-state index in [4.69, 9.17) is 23.7 Å².